The second-order valence-electron chi connectivity index (χ2n) is 5.36. The summed E-state index contributed by atoms with van der Waals surface area (Å²) in [7, 11) is 0. The highest BCUT2D eigenvalue weighted by Gasteiger charge is 2.13. The molecule has 0 radical (unpaired) electrons. The average Bonchev–Trinajstić information content (AvgIpc) is 2.67. The van der Waals surface area contributed by atoms with E-state index in [4.69, 9.17) is 0 Å². The first-order chi connectivity index (χ1) is 7.47. The monoisotopic (exact) mass is 223 g/mol. The van der Waals surface area contributed by atoms with Gasteiger partial charge in [-0.3, -0.25) is 4.68 Å². The topological polar surface area (TPSA) is 29.9 Å². The third-order valence-electron chi connectivity index (χ3n) is 2.90. The van der Waals surface area contributed by atoms with Gasteiger partial charge in [-0.25, -0.2) is 0 Å². The van der Waals surface area contributed by atoms with Gasteiger partial charge in [0.15, 0.2) is 0 Å². The minimum atomic E-state index is 0.0766. The molecule has 0 aliphatic heterocycles. The Morgan fingerprint density at radius 1 is 1.31 bits per heavy atom. The minimum Gasteiger partial charge on any atom is -0.310 e. The minimum absolute atomic E-state index is 0.0766. The van der Waals surface area contributed by atoms with E-state index in [1.54, 1.807) is 0 Å². The van der Waals surface area contributed by atoms with E-state index in [0.717, 1.165) is 6.54 Å². The van der Waals surface area contributed by atoms with Crippen LogP contribution in [0.2, 0.25) is 0 Å². The van der Waals surface area contributed by atoms with Crippen molar-refractivity contribution in [3.8, 4) is 0 Å². The van der Waals surface area contributed by atoms with E-state index in [1.807, 2.05) is 10.9 Å². The number of hydrogen-bond acceptors (Lipinski definition) is 2. The zero-order chi connectivity index (χ0) is 12.2. The van der Waals surface area contributed by atoms with Crippen LogP contribution in [0.1, 0.15) is 53.0 Å². The van der Waals surface area contributed by atoms with Crippen LogP contribution in [0.25, 0.3) is 0 Å². The zero-order valence-corrected chi connectivity index (χ0v) is 11.2. The molecule has 1 heterocycles. The normalized spacial score (nSPS) is 12.4. The molecule has 0 aliphatic carbocycles. The lowest BCUT2D eigenvalue weighted by atomic mass is 10.1. The molecular formula is C13H25N3. The number of nitrogens with zero attached hydrogens (tertiary/aromatic N) is 2. The standard InChI is InChI=1S/C13H25N3/c1-6-12(7-2)14-8-11-9-15-16(10-11)13(3,4)5/h9-10,12,14H,6-8H2,1-5H3. The largest absolute Gasteiger partial charge is 0.310 e. The van der Waals surface area contributed by atoms with Crippen LogP contribution in [-0.4, -0.2) is 15.8 Å². The highest BCUT2D eigenvalue weighted by Crippen LogP contribution is 2.13. The summed E-state index contributed by atoms with van der Waals surface area (Å²) in [4.78, 5) is 0. The summed E-state index contributed by atoms with van der Waals surface area (Å²) in [5.74, 6) is 0. The molecule has 0 saturated heterocycles. The van der Waals surface area contributed by atoms with E-state index in [2.05, 4.69) is 51.2 Å². The van der Waals surface area contributed by atoms with Gasteiger partial charge in [-0.2, -0.15) is 5.10 Å². The second-order valence-corrected chi connectivity index (χ2v) is 5.36. The van der Waals surface area contributed by atoms with Gasteiger partial charge in [-0.1, -0.05) is 13.8 Å². The Bertz CT molecular complexity index is 305. The molecule has 1 aromatic heterocycles. The quantitative estimate of drug-likeness (QED) is 0.832. The van der Waals surface area contributed by atoms with Gasteiger partial charge >= 0.3 is 0 Å². The maximum absolute atomic E-state index is 4.39. The van der Waals surface area contributed by atoms with Gasteiger partial charge in [-0.15, -0.1) is 0 Å². The molecule has 16 heavy (non-hydrogen) atoms. The summed E-state index contributed by atoms with van der Waals surface area (Å²) < 4.78 is 2.02. The van der Waals surface area contributed by atoms with Crippen molar-refractivity contribution in [3.05, 3.63) is 18.0 Å². The molecule has 0 saturated carbocycles. The van der Waals surface area contributed by atoms with E-state index in [9.17, 15) is 0 Å². The Balaban J connectivity index is 2.53. The lowest BCUT2D eigenvalue weighted by molar-refractivity contribution is 0.355. The Labute approximate surface area is 99.2 Å². The van der Waals surface area contributed by atoms with Crippen molar-refractivity contribution in [2.75, 3.05) is 0 Å². The molecule has 0 aromatic carbocycles. The van der Waals surface area contributed by atoms with Crippen LogP contribution in [0, 0.1) is 0 Å². The number of rotatable bonds is 5. The molecule has 0 spiro atoms. The lowest BCUT2D eigenvalue weighted by Crippen LogP contribution is -2.27. The first-order valence-corrected chi connectivity index (χ1v) is 6.24. The van der Waals surface area contributed by atoms with Crippen LogP contribution in [-0.2, 0) is 12.1 Å². The zero-order valence-electron chi connectivity index (χ0n) is 11.2. The van der Waals surface area contributed by atoms with Crippen LogP contribution in [0.5, 0.6) is 0 Å². The number of hydrogen-bond donors (Lipinski definition) is 1. The fraction of sp³-hybridized carbons (Fsp3) is 0.769. The fourth-order valence-electron chi connectivity index (χ4n) is 1.66. The van der Waals surface area contributed by atoms with E-state index in [-0.39, 0.29) is 5.54 Å². The van der Waals surface area contributed by atoms with Gasteiger partial charge in [0.25, 0.3) is 0 Å². The average molecular weight is 223 g/mol. The van der Waals surface area contributed by atoms with E-state index in [1.165, 1.54) is 18.4 Å². The van der Waals surface area contributed by atoms with E-state index in [0.29, 0.717) is 6.04 Å². The molecule has 1 N–H and O–H groups in total. The maximum Gasteiger partial charge on any atom is 0.0543 e. The summed E-state index contributed by atoms with van der Waals surface area (Å²) >= 11 is 0. The van der Waals surface area contributed by atoms with E-state index < -0.39 is 0 Å². The van der Waals surface area contributed by atoms with Crippen LogP contribution >= 0.6 is 0 Å². The smallest absolute Gasteiger partial charge is 0.0543 e. The highest BCUT2D eigenvalue weighted by molar-refractivity contribution is 5.05. The molecule has 0 unspecified atom stereocenters. The van der Waals surface area contributed by atoms with Gasteiger partial charge in [0.2, 0.25) is 0 Å². The molecule has 0 fully saturated rings. The van der Waals surface area contributed by atoms with Gasteiger partial charge in [0, 0.05) is 24.3 Å². The molecule has 0 amide bonds. The molecular weight excluding hydrogens is 198 g/mol. The van der Waals surface area contributed by atoms with Crippen LogP contribution < -0.4 is 5.32 Å². The predicted octanol–water partition coefficient (Wildman–Crippen LogP) is 2.92. The third kappa shape index (κ3) is 3.63. The molecule has 1 rings (SSSR count). The molecule has 3 nitrogen and oxygen atoms in total. The van der Waals surface area contributed by atoms with Gasteiger partial charge in [0.05, 0.1) is 11.7 Å². The Morgan fingerprint density at radius 2 is 1.94 bits per heavy atom. The van der Waals surface area contributed by atoms with Crippen molar-refractivity contribution in [1.82, 2.24) is 15.1 Å². The molecule has 0 atom stereocenters. The first kappa shape index (κ1) is 13.2. The number of nitrogens with one attached hydrogen (secondary N) is 1. The Kier molecular flexibility index (Phi) is 4.54. The summed E-state index contributed by atoms with van der Waals surface area (Å²) in [6.07, 6.45) is 6.46. The summed E-state index contributed by atoms with van der Waals surface area (Å²) in [6.45, 7) is 11.9. The van der Waals surface area contributed by atoms with Crippen molar-refractivity contribution >= 4 is 0 Å². The molecule has 92 valence electrons. The van der Waals surface area contributed by atoms with Crippen LogP contribution in [0.15, 0.2) is 12.4 Å². The Hall–Kier alpha value is -0.830. The van der Waals surface area contributed by atoms with Crippen molar-refractivity contribution in [2.24, 2.45) is 0 Å². The fourth-order valence-corrected chi connectivity index (χ4v) is 1.66. The van der Waals surface area contributed by atoms with Crippen LogP contribution in [0.3, 0.4) is 0 Å². The Morgan fingerprint density at radius 3 is 2.38 bits per heavy atom. The molecule has 1 aromatic rings. The summed E-state index contributed by atoms with van der Waals surface area (Å²) in [5, 5.41) is 7.94. The van der Waals surface area contributed by atoms with Gasteiger partial charge in [0.1, 0.15) is 0 Å². The summed E-state index contributed by atoms with van der Waals surface area (Å²) in [5.41, 5.74) is 1.34. The second kappa shape index (κ2) is 5.48. The molecule has 3 heteroatoms. The van der Waals surface area contributed by atoms with Crippen molar-refractivity contribution in [1.29, 1.82) is 0 Å². The van der Waals surface area contributed by atoms with Crippen molar-refractivity contribution in [3.63, 3.8) is 0 Å². The third-order valence-corrected chi connectivity index (χ3v) is 2.90. The van der Waals surface area contributed by atoms with Crippen LogP contribution in [0.4, 0.5) is 0 Å². The SMILES string of the molecule is CCC(CC)NCc1cnn(C(C)(C)C)c1. The van der Waals surface area contributed by atoms with Gasteiger partial charge < -0.3 is 5.32 Å². The first-order valence-electron chi connectivity index (χ1n) is 6.24. The molecule has 0 aliphatic rings. The highest BCUT2D eigenvalue weighted by atomic mass is 15.3. The van der Waals surface area contributed by atoms with E-state index >= 15 is 0 Å². The molecule has 0 bridgehead atoms. The van der Waals surface area contributed by atoms with Crippen molar-refractivity contribution in [2.45, 2.75) is 65.6 Å². The van der Waals surface area contributed by atoms with Crippen molar-refractivity contribution < 1.29 is 0 Å². The predicted molar refractivity (Wildman–Crippen MR) is 68.4 cm³/mol. The number of aromatic nitrogens is 2. The lowest BCUT2D eigenvalue weighted by Gasteiger charge is -2.19. The van der Waals surface area contributed by atoms with Gasteiger partial charge in [-0.05, 0) is 33.6 Å². The summed E-state index contributed by atoms with van der Waals surface area (Å²) in [6, 6.07) is 0.623. The maximum atomic E-state index is 4.39.